The second-order valence-electron chi connectivity index (χ2n) is 6.07. The van der Waals surface area contributed by atoms with Crippen molar-refractivity contribution in [3.05, 3.63) is 79.1 Å². The van der Waals surface area contributed by atoms with Crippen molar-refractivity contribution in [2.24, 2.45) is 0 Å². The maximum Gasteiger partial charge on any atom is 0.174 e. The maximum atomic E-state index is 5.73. The average molecular weight is 509 g/mol. The van der Waals surface area contributed by atoms with Gasteiger partial charge in [0.2, 0.25) is 0 Å². The Morgan fingerprint density at radius 1 is 1.15 bits per heavy atom. The van der Waals surface area contributed by atoms with Crippen LogP contribution >= 0.6 is 55.4 Å². The van der Waals surface area contributed by atoms with Gasteiger partial charge in [-0.2, -0.15) is 0 Å². The van der Waals surface area contributed by atoms with Crippen molar-refractivity contribution in [2.45, 2.75) is 19.0 Å². The molecule has 3 nitrogen and oxygen atoms in total. The van der Waals surface area contributed by atoms with E-state index in [0.29, 0.717) is 0 Å². The molecular formula is C19H15Br2N3S2. The summed E-state index contributed by atoms with van der Waals surface area (Å²) >= 11 is 14.6. The van der Waals surface area contributed by atoms with Crippen LogP contribution in [0, 0.1) is 6.92 Å². The molecule has 1 saturated heterocycles. The first-order valence-corrected chi connectivity index (χ1v) is 10.9. The van der Waals surface area contributed by atoms with Crippen LogP contribution in [0.2, 0.25) is 0 Å². The highest BCUT2D eigenvalue weighted by Crippen LogP contribution is 2.44. The van der Waals surface area contributed by atoms with Gasteiger partial charge in [0.25, 0.3) is 0 Å². The Bertz CT molecular complexity index is 958. The first-order chi connectivity index (χ1) is 12.5. The van der Waals surface area contributed by atoms with E-state index in [9.17, 15) is 0 Å². The zero-order valence-electron chi connectivity index (χ0n) is 13.8. The molecule has 0 radical (unpaired) electrons. The number of thiocarbonyl (C=S) groups is 1. The molecule has 2 atom stereocenters. The highest BCUT2D eigenvalue weighted by molar-refractivity contribution is 9.11. The third-order valence-corrected chi connectivity index (χ3v) is 7.30. The lowest BCUT2D eigenvalue weighted by Gasteiger charge is -2.27. The SMILES string of the molecule is Cc1cc(N2C(=S)N[C@@H](c3ccccn3)[C@@H]2c2ccc(Br)s2)ccc1Br. The summed E-state index contributed by atoms with van der Waals surface area (Å²) in [5.74, 6) is 0. The van der Waals surface area contributed by atoms with Gasteiger partial charge in [0.1, 0.15) is 0 Å². The topological polar surface area (TPSA) is 28.2 Å². The Balaban J connectivity index is 1.83. The minimum atomic E-state index is -0.00166. The van der Waals surface area contributed by atoms with Crippen LogP contribution in [0.25, 0.3) is 0 Å². The van der Waals surface area contributed by atoms with Crippen LogP contribution in [0.3, 0.4) is 0 Å². The molecule has 0 spiro atoms. The molecule has 132 valence electrons. The van der Waals surface area contributed by atoms with Crippen LogP contribution in [0.5, 0.6) is 0 Å². The van der Waals surface area contributed by atoms with Crippen molar-refractivity contribution in [3.8, 4) is 0 Å². The molecule has 4 rings (SSSR count). The summed E-state index contributed by atoms with van der Waals surface area (Å²) < 4.78 is 2.20. The van der Waals surface area contributed by atoms with E-state index < -0.39 is 0 Å². The number of halogens is 2. The molecule has 26 heavy (non-hydrogen) atoms. The smallest absolute Gasteiger partial charge is 0.174 e. The quantitative estimate of drug-likeness (QED) is 0.429. The van der Waals surface area contributed by atoms with E-state index in [-0.39, 0.29) is 12.1 Å². The molecule has 0 aliphatic carbocycles. The van der Waals surface area contributed by atoms with Gasteiger partial charge in [0.15, 0.2) is 5.11 Å². The third kappa shape index (κ3) is 3.33. The van der Waals surface area contributed by atoms with E-state index in [1.165, 1.54) is 10.4 Å². The van der Waals surface area contributed by atoms with E-state index in [1.54, 1.807) is 11.3 Å². The number of aromatic nitrogens is 1. The molecule has 3 heterocycles. The van der Waals surface area contributed by atoms with Crippen LogP contribution in [0.15, 0.2) is 63.0 Å². The first-order valence-electron chi connectivity index (χ1n) is 8.06. The molecule has 0 saturated carbocycles. The summed E-state index contributed by atoms with van der Waals surface area (Å²) in [6.07, 6.45) is 1.83. The minimum Gasteiger partial charge on any atom is -0.351 e. The lowest BCUT2D eigenvalue weighted by atomic mass is 10.0. The summed E-state index contributed by atoms with van der Waals surface area (Å²) in [6.45, 7) is 2.09. The predicted molar refractivity (Wildman–Crippen MR) is 119 cm³/mol. The molecule has 1 fully saturated rings. The van der Waals surface area contributed by atoms with Gasteiger partial charge < -0.3 is 10.2 Å². The van der Waals surface area contributed by atoms with Gasteiger partial charge >= 0.3 is 0 Å². The molecule has 3 aromatic rings. The van der Waals surface area contributed by atoms with Crippen LogP contribution in [0.1, 0.15) is 28.2 Å². The Morgan fingerprint density at radius 2 is 2.00 bits per heavy atom. The first kappa shape index (κ1) is 18.1. The van der Waals surface area contributed by atoms with Crippen molar-refractivity contribution in [1.82, 2.24) is 10.3 Å². The van der Waals surface area contributed by atoms with Gasteiger partial charge in [0.05, 0.1) is 21.6 Å². The second kappa shape index (κ2) is 7.38. The number of nitrogens with one attached hydrogen (secondary N) is 1. The van der Waals surface area contributed by atoms with Crippen molar-refractivity contribution < 1.29 is 0 Å². The standard InChI is InChI=1S/C19H15Br2N3S2/c1-11-10-12(5-6-13(11)20)24-18(15-7-8-16(21)26-15)17(23-19(24)25)14-4-2-3-9-22-14/h2-10,17-18H,1H3,(H,23,25)/t17-,18-/m0/s1. The number of benzene rings is 1. The predicted octanol–water partition coefficient (Wildman–Crippen LogP) is 6.15. The molecule has 1 aliphatic rings. The monoisotopic (exact) mass is 507 g/mol. The summed E-state index contributed by atoms with van der Waals surface area (Å²) in [5, 5.41) is 4.20. The largest absolute Gasteiger partial charge is 0.351 e. The minimum absolute atomic E-state index is 0.00166. The number of nitrogens with zero attached hydrogens (tertiary/aromatic N) is 2. The van der Waals surface area contributed by atoms with E-state index in [2.05, 4.69) is 84.3 Å². The fourth-order valence-electron chi connectivity index (χ4n) is 3.19. The zero-order chi connectivity index (χ0) is 18.3. The van der Waals surface area contributed by atoms with Gasteiger partial charge in [-0.25, -0.2) is 0 Å². The molecular weight excluding hydrogens is 494 g/mol. The number of hydrogen-bond acceptors (Lipinski definition) is 3. The number of pyridine rings is 1. The summed E-state index contributed by atoms with van der Waals surface area (Å²) in [5.41, 5.74) is 3.24. The fraction of sp³-hybridized carbons (Fsp3) is 0.158. The van der Waals surface area contributed by atoms with Gasteiger partial charge in [-0.15, -0.1) is 11.3 Å². The Kier molecular flexibility index (Phi) is 5.14. The van der Waals surface area contributed by atoms with E-state index in [0.717, 1.165) is 24.8 Å². The Labute approximate surface area is 178 Å². The summed E-state index contributed by atoms with van der Waals surface area (Å²) in [6, 6.07) is 16.6. The molecule has 7 heteroatoms. The van der Waals surface area contributed by atoms with E-state index in [4.69, 9.17) is 12.2 Å². The fourth-order valence-corrected chi connectivity index (χ4v) is 5.33. The van der Waals surface area contributed by atoms with Crippen LogP contribution in [-0.2, 0) is 0 Å². The van der Waals surface area contributed by atoms with Gasteiger partial charge in [-0.05, 0) is 83.1 Å². The number of thiophene rings is 1. The molecule has 1 aromatic carbocycles. The van der Waals surface area contributed by atoms with Crippen LogP contribution in [0.4, 0.5) is 5.69 Å². The third-order valence-electron chi connectivity index (χ3n) is 4.40. The van der Waals surface area contributed by atoms with Crippen molar-refractivity contribution in [3.63, 3.8) is 0 Å². The molecule has 1 N–H and O–H groups in total. The highest BCUT2D eigenvalue weighted by Gasteiger charge is 2.41. The second-order valence-corrected chi connectivity index (χ2v) is 9.81. The molecule has 0 amide bonds. The lowest BCUT2D eigenvalue weighted by molar-refractivity contribution is 0.575. The summed E-state index contributed by atoms with van der Waals surface area (Å²) in [7, 11) is 0. The summed E-state index contributed by atoms with van der Waals surface area (Å²) in [4.78, 5) is 8.01. The van der Waals surface area contributed by atoms with Crippen molar-refractivity contribution in [2.75, 3.05) is 4.90 Å². The molecule has 0 bridgehead atoms. The molecule has 0 unspecified atom stereocenters. The normalized spacial score (nSPS) is 19.7. The Morgan fingerprint density at radius 3 is 2.65 bits per heavy atom. The molecule has 1 aliphatic heterocycles. The maximum absolute atomic E-state index is 5.73. The number of anilines is 1. The van der Waals surface area contributed by atoms with E-state index >= 15 is 0 Å². The zero-order valence-corrected chi connectivity index (χ0v) is 18.6. The van der Waals surface area contributed by atoms with Gasteiger partial charge in [0, 0.05) is 21.2 Å². The number of hydrogen-bond donors (Lipinski definition) is 1. The van der Waals surface area contributed by atoms with Crippen LogP contribution < -0.4 is 10.2 Å². The van der Waals surface area contributed by atoms with Crippen molar-refractivity contribution >= 4 is 66.2 Å². The Hall–Kier alpha value is -1.28. The van der Waals surface area contributed by atoms with E-state index in [1.807, 2.05) is 24.4 Å². The van der Waals surface area contributed by atoms with Gasteiger partial charge in [-0.3, -0.25) is 4.98 Å². The number of aryl methyl sites for hydroxylation is 1. The number of rotatable bonds is 3. The average Bonchev–Trinajstić information content (AvgIpc) is 3.21. The molecule has 2 aromatic heterocycles. The van der Waals surface area contributed by atoms with Gasteiger partial charge in [-0.1, -0.05) is 22.0 Å². The van der Waals surface area contributed by atoms with Crippen LogP contribution in [-0.4, -0.2) is 10.1 Å². The lowest BCUT2D eigenvalue weighted by Crippen LogP contribution is -2.29. The van der Waals surface area contributed by atoms with Crippen molar-refractivity contribution in [1.29, 1.82) is 0 Å². The highest BCUT2D eigenvalue weighted by atomic mass is 79.9.